The molecule has 0 unspecified atom stereocenters. The van der Waals surface area contributed by atoms with Gasteiger partial charge in [0.15, 0.2) is 0 Å². The SMILES string of the molecule is Cl.N[C@@H](Cc1ccc2ccc3cccc4ccc1c2c34)C(=O)O. The van der Waals surface area contributed by atoms with Crippen molar-refractivity contribution in [3.63, 3.8) is 0 Å². The lowest BCUT2D eigenvalue weighted by atomic mass is 9.90. The van der Waals surface area contributed by atoms with Gasteiger partial charge in [-0.25, -0.2) is 0 Å². The average Bonchev–Trinajstić information content (AvgIpc) is 2.53. The van der Waals surface area contributed by atoms with Crippen LogP contribution in [0.2, 0.25) is 0 Å². The predicted octanol–water partition coefficient (Wildman–Crippen LogP) is 3.96. The fourth-order valence-electron chi connectivity index (χ4n) is 3.30. The first-order chi connectivity index (χ1) is 10.6. The van der Waals surface area contributed by atoms with E-state index >= 15 is 0 Å². The summed E-state index contributed by atoms with van der Waals surface area (Å²) < 4.78 is 0. The quantitative estimate of drug-likeness (QED) is 0.560. The third kappa shape index (κ3) is 2.38. The predicted molar refractivity (Wildman–Crippen MR) is 96.7 cm³/mol. The molecule has 0 bridgehead atoms. The second kappa shape index (κ2) is 5.69. The number of hydrogen-bond donors (Lipinski definition) is 2. The summed E-state index contributed by atoms with van der Waals surface area (Å²) in [4.78, 5) is 11.0. The van der Waals surface area contributed by atoms with Crippen LogP contribution >= 0.6 is 12.4 Å². The van der Waals surface area contributed by atoms with E-state index in [1.54, 1.807) is 0 Å². The number of benzene rings is 4. The number of nitrogens with two attached hydrogens (primary N) is 1. The van der Waals surface area contributed by atoms with Crippen LogP contribution in [0.4, 0.5) is 0 Å². The highest BCUT2D eigenvalue weighted by atomic mass is 35.5. The summed E-state index contributed by atoms with van der Waals surface area (Å²) in [6.07, 6.45) is 0.337. The summed E-state index contributed by atoms with van der Waals surface area (Å²) in [7, 11) is 0. The van der Waals surface area contributed by atoms with Crippen molar-refractivity contribution in [1.29, 1.82) is 0 Å². The number of carboxylic acids is 1. The largest absolute Gasteiger partial charge is 0.480 e. The lowest BCUT2D eigenvalue weighted by Gasteiger charge is -2.15. The molecule has 23 heavy (non-hydrogen) atoms. The number of carboxylic acid groups (broad SMARTS) is 1. The highest BCUT2D eigenvalue weighted by Crippen LogP contribution is 2.36. The first-order valence-electron chi connectivity index (χ1n) is 7.29. The molecule has 0 spiro atoms. The average molecular weight is 326 g/mol. The van der Waals surface area contributed by atoms with Crippen LogP contribution < -0.4 is 5.73 Å². The fraction of sp³-hybridized carbons (Fsp3) is 0.105. The molecular formula is C19H16ClNO2. The Hall–Kier alpha value is -2.36. The van der Waals surface area contributed by atoms with Gasteiger partial charge in [0, 0.05) is 0 Å². The molecule has 0 radical (unpaired) electrons. The fourth-order valence-corrected chi connectivity index (χ4v) is 3.30. The zero-order valence-electron chi connectivity index (χ0n) is 12.3. The van der Waals surface area contributed by atoms with Gasteiger partial charge in [0.25, 0.3) is 0 Å². The molecule has 0 aliphatic heterocycles. The van der Waals surface area contributed by atoms with E-state index in [2.05, 4.69) is 48.5 Å². The Morgan fingerprint density at radius 2 is 1.48 bits per heavy atom. The van der Waals surface area contributed by atoms with Gasteiger partial charge >= 0.3 is 5.97 Å². The van der Waals surface area contributed by atoms with Crippen molar-refractivity contribution in [2.45, 2.75) is 12.5 Å². The summed E-state index contributed by atoms with van der Waals surface area (Å²) in [5.74, 6) is -0.967. The lowest BCUT2D eigenvalue weighted by molar-refractivity contribution is -0.138. The number of hydrogen-bond acceptors (Lipinski definition) is 2. The standard InChI is InChI=1S/C19H15NO2.ClH/c20-16(19(21)22)10-14-7-6-13-5-4-11-2-1-3-12-8-9-15(14)18(13)17(11)12;/h1-9,16H,10,20H2,(H,21,22);1H/t16-;/m0./s1. The highest BCUT2D eigenvalue weighted by molar-refractivity contribution is 6.23. The van der Waals surface area contributed by atoms with E-state index in [1.807, 2.05) is 6.07 Å². The molecule has 0 saturated heterocycles. The minimum absolute atomic E-state index is 0. The normalized spacial score (nSPS) is 12.6. The zero-order valence-corrected chi connectivity index (χ0v) is 13.1. The number of aliphatic carboxylic acids is 1. The van der Waals surface area contributed by atoms with E-state index < -0.39 is 12.0 Å². The molecular weight excluding hydrogens is 310 g/mol. The molecule has 0 heterocycles. The molecule has 0 fully saturated rings. The molecule has 3 nitrogen and oxygen atoms in total. The molecule has 0 amide bonds. The Morgan fingerprint density at radius 1 is 0.913 bits per heavy atom. The minimum Gasteiger partial charge on any atom is -0.480 e. The number of halogens is 1. The summed E-state index contributed by atoms with van der Waals surface area (Å²) in [5, 5.41) is 16.2. The Labute approximate surface area is 139 Å². The van der Waals surface area contributed by atoms with Gasteiger partial charge < -0.3 is 10.8 Å². The molecule has 4 rings (SSSR count). The van der Waals surface area contributed by atoms with E-state index in [0.717, 1.165) is 10.9 Å². The van der Waals surface area contributed by atoms with Crippen LogP contribution in [-0.2, 0) is 11.2 Å². The molecule has 0 aromatic heterocycles. The van der Waals surface area contributed by atoms with Gasteiger partial charge in [-0.3, -0.25) is 4.79 Å². The summed E-state index contributed by atoms with van der Waals surface area (Å²) in [6.45, 7) is 0. The number of carbonyl (C=O) groups is 1. The van der Waals surface area contributed by atoms with Crippen molar-refractivity contribution in [2.75, 3.05) is 0 Å². The van der Waals surface area contributed by atoms with E-state index in [9.17, 15) is 4.79 Å². The van der Waals surface area contributed by atoms with E-state index in [4.69, 9.17) is 10.8 Å². The van der Waals surface area contributed by atoms with Crippen molar-refractivity contribution in [3.05, 3.63) is 60.2 Å². The Balaban J connectivity index is 0.00000156. The second-order valence-electron chi connectivity index (χ2n) is 5.73. The minimum atomic E-state index is -0.967. The number of rotatable bonds is 3. The first kappa shape index (κ1) is 15.5. The van der Waals surface area contributed by atoms with E-state index in [1.165, 1.54) is 26.9 Å². The highest BCUT2D eigenvalue weighted by Gasteiger charge is 2.16. The third-order valence-corrected chi connectivity index (χ3v) is 4.38. The van der Waals surface area contributed by atoms with Crippen molar-refractivity contribution in [3.8, 4) is 0 Å². The molecule has 116 valence electrons. The Kier molecular flexibility index (Phi) is 3.84. The van der Waals surface area contributed by atoms with Crippen LogP contribution in [0.1, 0.15) is 5.56 Å². The van der Waals surface area contributed by atoms with Gasteiger partial charge in [-0.05, 0) is 44.3 Å². The molecule has 0 aliphatic rings. The topological polar surface area (TPSA) is 63.3 Å². The van der Waals surface area contributed by atoms with Crippen LogP contribution in [0.3, 0.4) is 0 Å². The van der Waals surface area contributed by atoms with Gasteiger partial charge in [0.05, 0.1) is 0 Å². The van der Waals surface area contributed by atoms with E-state index in [-0.39, 0.29) is 12.4 Å². The smallest absolute Gasteiger partial charge is 0.320 e. The van der Waals surface area contributed by atoms with Gasteiger partial charge in [-0.2, -0.15) is 0 Å². The molecule has 0 saturated carbocycles. The van der Waals surface area contributed by atoms with Crippen LogP contribution in [0.5, 0.6) is 0 Å². The molecule has 4 heteroatoms. The van der Waals surface area contributed by atoms with Crippen LogP contribution in [0, 0.1) is 0 Å². The maximum atomic E-state index is 11.0. The monoisotopic (exact) mass is 325 g/mol. The van der Waals surface area contributed by atoms with Gasteiger partial charge in [-0.1, -0.05) is 54.6 Å². The van der Waals surface area contributed by atoms with Crippen LogP contribution in [0.15, 0.2) is 54.6 Å². The second-order valence-corrected chi connectivity index (χ2v) is 5.73. The maximum Gasteiger partial charge on any atom is 0.320 e. The Bertz CT molecular complexity index is 996. The van der Waals surface area contributed by atoms with Crippen LogP contribution in [0.25, 0.3) is 32.3 Å². The summed E-state index contributed by atoms with van der Waals surface area (Å²) in [5.41, 5.74) is 6.71. The van der Waals surface area contributed by atoms with Crippen LogP contribution in [-0.4, -0.2) is 17.1 Å². The maximum absolute atomic E-state index is 11.0. The summed E-state index contributed by atoms with van der Waals surface area (Å²) >= 11 is 0. The zero-order chi connectivity index (χ0) is 15.3. The molecule has 4 aromatic rings. The van der Waals surface area contributed by atoms with Crippen molar-refractivity contribution in [2.24, 2.45) is 5.73 Å². The van der Waals surface area contributed by atoms with Gasteiger partial charge in [-0.15, -0.1) is 12.4 Å². The van der Waals surface area contributed by atoms with E-state index in [0.29, 0.717) is 6.42 Å². The molecule has 4 aromatic carbocycles. The van der Waals surface area contributed by atoms with Gasteiger partial charge in [0.1, 0.15) is 6.04 Å². The first-order valence-corrected chi connectivity index (χ1v) is 7.29. The summed E-state index contributed by atoms with van der Waals surface area (Å²) in [6, 6.07) is 17.9. The third-order valence-electron chi connectivity index (χ3n) is 4.38. The van der Waals surface area contributed by atoms with Crippen molar-refractivity contribution >= 4 is 50.7 Å². The Morgan fingerprint density at radius 3 is 2.13 bits per heavy atom. The molecule has 1 atom stereocenters. The van der Waals surface area contributed by atoms with Crippen molar-refractivity contribution in [1.82, 2.24) is 0 Å². The lowest BCUT2D eigenvalue weighted by Crippen LogP contribution is -2.32. The molecule has 3 N–H and O–H groups in total. The van der Waals surface area contributed by atoms with Crippen molar-refractivity contribution < 1.29 is 9.90 Å². The molecule has 0 aliphatic carbocycles. The van der Waals surface area contributed by atoms with Gasteiger partial charge in [0.2, 0.25) is 0 Å².